The van der Waals surface area contributed by atoms with Crippen LogP contribution in [0.5, 0.6) is 0 Å². The van der Waals surface area contributed by atoms with E-state index in [1.54, 1.807) is 24.3 Å². The van der Waals surface area contributed by atoms with Crippen molar-refractivity contribution in [2.75, 3.05) is 10.8 Å². The van der Waals surface area contributed by atoms with E-state index in [0.29, 0.717) is 0 Å². The molecule has 1 aliphatic rings. The number of nitrogens with zero attached hydrogens (tertiary/aromatic N) is 2. The average Bonchev–Trinajstić information content (AvgIpc) is 3.07. The van der Waals surface area contributed by atoms with E-state index in [1.807, 2.05) is 68.4 Å². The van der Waals surface area contributed by atoms with Crippen molar-refractivity contribution in [2.24, 2.45) is 0 Å². The lowest BCUT2D eigenvalue weighted by Crippen LogP contribution is -2.55. The summed E-state index contributed by atoms with van der Waals surface area (Å²) in [6.07, 6.45) is 5.21. The van der Waals surface area contributed by atoms with Crippen molar-refractivity contribution < 1.29 is 18.0 Å². The number of carbonyl (C=O) groups is 2. The molecular weight excluding hydrogens is 665 g/mol. The van der Waals surface area contributed by atoms with Crippen molar-refractivity contribution >= 4 is 50.7 Å². The molecule has 0 spiro atoms. The van der Waals surface area contributed by atoms with Crippen molar-refractivity contribution in [3.05, 3.63) is 129 Å². The van der Waals surface area contributed by atoms with Crippen LogP contribution in [0.3, 0.4) is 0 Å². The SMILES string of the molecule is Cc1ccc(S(=O)(=O)N(CC(=O)N(Cc2cccc(C)c2)[C@@H](Cc2ccccc2)C(=O)NC2CCCCC2)c2cccc(Cl)c2Cl)cc1. The standard InChI is InChI=1S/C38H41Cl2N3O4S/c1-27-19-21-32(22-20-27)48(46,47)43(34-18-10-17-33(39)37(34)40)26-36(44)42(25-30-14-9-11-28(2)23-30)35(24-29-12-5-3-6-13-29)38(45)41-31-15-7-4-8-16-31/h3,5-6,9-14,17-23,31,35H,4,7-8,15-16,24-26H2,1-2H3,(H,41,45)/t35-/m0/s1. The Morgan fingerprint density at radius 2 is 1.48 bits per heavy atom. The fraction of sp³-hybridized carbons (Fsp3) is 0.316. The summed E-state index contributed by atoms with van der Waals surface area (Å²) in [6.45, 7) is 3.31. The molecule has 7 nitrogen and oxygen atoms in total. The predicted molar refractivity (Wildman–Crippen MR) is 193 cm³/mol. The Morgan fingerprint density at radius 1 is 0.812 bits per heavy atom. The molecule has 0 aliphatic heterocycles. The highest BCUT2D eigenvalue weighted by atomic mass is 35.5. The normalized spacial score (nSPS) is 14.2. The molecule has 2 amide bonds. The molecule has 1 N–H and O–H groups in total. The first-order valence-electron chi connectivity index (χ1n) is 16.3. The number of anilines is 1. The van der Waals surface area contributed by atoms with Crippen LogP contribution in [0.1, 0.15) is 54.4 Å². The molecule has 1 saturated carbocycles. The molecule has 1 atom stereocenters. The number of carbonyl (C=O) groups excluding carboxylic acids is 2. The van der Waals surface area contributed by atoms with Crippen molar-refractivity contribution in [2.45, 2.75) is 75.9 Å². The summed E-state index contributed by atoms with van der Waals surface area (Å²) in [7, 11) is -4.30. The summed E-state index contributed by atoms with van der Waals surface area (Å²) in [5, 5.41) is 3.38. The van der Waals surface area contributed by atoms with Crippen LogP contribution in [-0.4, -0.2) is 43.8 Å². The third-order valence-corrected chi connectivity index (χ3v) is 11.3. The van der Waals surface area contributed by atoms with Crippen LogP contribution in [0, 0.1) is 13.8 Å². The number of halogens is 2. The summed E-state index contributed by atoms with van der Waals surface area (Å²) >= 11 is 13.0. The third kappa shape index (κ3) is 8.78. The van der Waals surface area contributed by atoms with Gasteiger partial charge in [-0.15, -0.1) is 0 Å². The average molecular weight is 707 g/mol. The van der Waals surface area contributed by atoms with Crippen molar-refractivity contribution in [3.63, 3.8) is 0 Å². The maximum absolute atomic E-state index is 14.7. The number of hydrogen-bond acceptors (Lipinski definition) is 4. The fourth-order valence-corrected chi connectivity index (χ4v) is 8.01. The number of nitrogens with one attached hydrogen (secondary N) is 1. The summed E-state index contributed by atoms with van der Waals surface area (Å²) in [5.41, 5.74) is 3.65. The van der Waals surface area contributed by atoms with E-state index in [2.05, 4.69) is 5.32 Å². The highest BCUT2D eigenvalue weighted by Crippen LogP contribution is 2.36. The second kappa shape index (κ2) is 16.0. The lowest BCUT2D eigenvalue weighted by Gasteiger charge is -2.35. The van der Waals surface area contributed by atoms with E-state index in [9.17, 15) is 18.0 Å². The first kappa shape index (κ1) is 35.5. The summed E-state index contributed by atoms with van der Waals surface area (Å²) in [4.78, 5) is 30.5. The zero-order valence-corrected chi connectivity index (χ0v) is 29.6. The van der Waals surface area contributed by atoms with E-state index in [-0.39, 0.29) is 45.5 Å². The Hall–Kier alpha value is -3.85. The zero-order valence-electron chi connectivity index (χ0n) is 27.2. The third-order valence-electron chi connectivity index (χ3n) is 8.75. The monoisotopic (exact) mass is 705 g/mol. The van der Waals surface area contributed by atoms with Gasteiger partial charge in [-0.3, -0.25) is 13.9 Å². The quantitative estimate of drug-likeness (QED) is 0.162. The lowest BCUT2D eigenvalue weighted by molar-refractivity contribution is -0.140. The van der Waals surface area contributed by atoms with Gasteiger partial charge in [-0.25, -0.2) is 8.42 Å². The molecule has 0 saturated heterocycles. The van der Waals surface area contributed by atoms with Gasteiger partial charge in [0.25, 0.3) is 10.0 Å². The van der Waals surface area contributed by atoms with E-state index in [4.69, 9.17) is 23.2 Å². The molecule has 0 unspecified atom stereocenters. The van der Waals surface area contributed by atoms with Crippen molar-refractivity contribution in [1.29, 1.82) is 0 Å². The molecule has 5 rings (SSSR count). The minimum atomic E-state index is -4.30. The van der Waals surface area contributed by atoms with Crippen LogP contribution >= 0.6 is 23.2 Å². The first-order valence-corrected chi connectivity index (χ1v) is 18.5. The zero-order chi connectivity index (χ0) is 34.3. The van der Waals surface area contributed by atoms with Gasteiger partial charge in [-0.1, -0.05) is 126 Å². The molecule has 0 radical (unpaired) electrons. The van der Waals surface area contributed by atoms with Crippen LogP contribution in [0.2, 0.25) is 10.0 Å². The maximum atomic E-state index is 14.7. The largest absolute Gasteiger partial charge is 0.352 e. The van der Waals surface area contributed by atoms with Gasteiger partial charge in [0.15, 0.2) is 0 Å². The van der Waals surface area contributed by atoms with Crippen molar-refractivity contribution in [3.8, 4) is 0 Å². The maximum Gasteiger partial charge on any atom is 0.264 e. The number of sulfonamides is 1. The van der Waals surface area contributed by atoms with Crippen molar-refractivity contribution in [1.82, 2.24) is 10.2 Å². The molecule has 48 heavy (non-hydrogen) atoms. The van der Waals surface area contributed by atoms with Gasteiger partial charge < -0.3 is 10.2 Å². The topological polar surface area (TPSA) is 86.8 Å². The minimum absolute atomic E-state index is 0.00180. The fourth-order valence-electron chi connectivity index (χ4n) is 6.14. The van der Waals surface area contributed by atoms with Gasteiger partial charge in [0, 0.05) is 19.0 Å². The van der Waals surface area contributed by atoms with Crippen LogP contribution < -0.4 is 9.62 Å². The Bertz CT molecular complexity index is 1830. The van der Waals surface area contributed by atoms with E-state index < -0.39 is 28.5 Å². The molecule has 10 heteroatoms. The van der Waals surface area contributed by atoms with Gasteiger partial charge in [0.05, 0.1) is 20.6 Å². The van der Waals surface area contributed by atoms with Crippen LogP contribution in [-0.2, 0) is 32.6 Å². The molecule has 1 fully saturated rings. The van der Waals surface area contributed by atoms with E-state index in [0.717, 1.165) is 58.7 Å². The molecule has 4 aromatic rings. The Labute approximate surface area is 293 Å². The molecule has 1 aliphatic carbocycles. The van der Waals surface area contributed by atoms with Crippen LogP contribution in [0.25, 0.3) is 0 Å². The minimum Gasteiger partial charge on any atom is -0.352 e. The van der Waals surface area contributed by atoms with E-state index in [1.165, 1.54) is 23.1 Å². The highest BCUT2D eigenvalue weighted by Gasteiger charge is 2.36. The number of hydrogen-bond donors (Lipinski definition) is 1. The second-order valence-corrected chi connectivity index (χ2v) is 15.1. The highest BCUT2D eigenvalue weighted by molar-refractivity contribution is 7.92. The molecule has 4 aromatic carbocycles. The lowest BCUT2D eigenvalue weighted by atomic mass is 9.94. The molecule has 0 heterocycles. The summed E-state index contributed by atoms with van der Waals surface area (Å²) < 4.78 is 29.6. The first-order chi connectivity index (χ1) is 23.0. The predicted octanol–water partition coefficient (Wildman–Crippen LogP) is 7.89. The smallest absolute Gasteiger partial charge is 0.264 e. The number of rotatable bonds is 12. The van der Waals surface area contributed by atoms with Gasteiger partial charge in [0.2, 0.25) is 11.8 Å². The summed E-state index contributed by atoms with van der Waals surface area (Å²) in [6, 6.07) is 27.5. The van der Waals surface area contributed by atoms with Gasteiger partial charge in [0.1, 0.15) is 12.6 Å². The van der Waals surface area contributed by atoms with E-state index >= 15 is 0 Å². The Morgan fingerprint density at radius 3 is 2.17 bits per heavy atom. The van der Waals surface area contributed by atoms with Gasteiger partial charge in [-0.05, 0) is 62.1 Å². The number of amides is 2. The Balaban J connectivity index is 1.59. The Kier molecular flexibility index (Phi) is 11.8. The summed E-state index contributed by atoms with van der Waals surface area (Å²) in [5.74, 6) is -0.816. The van der Waals surface area contributed by atoms with Crippen LogP contribution in [0.15, 0.2) is 102 Å². The molecule has 0 aromatic heterocycles. The molecule has 0 bridgehead atoms. The molecule has 252 valence electrons. The van der Waals surface area contributed by atoms with Crippen LogP contribution in [0.4, 0.5) is 5.69 Å². The van der Waals surface area contributed by atoms with Gasteiger partial charge >= 0.3 is 0 Å². The number of aryl methyl sites for hydroxylation is 2. The molecular formula is C38H41Cl2N3O4S. The number of benzene rings is 4. The second-order valence-electron chi connectivity index (χ2n) is 12.5. The van der Waals surface area contributed by atoms with Gasteiger partial charge in [-0.2, -0.15) is 0 Å².